The van der Waals surface area contributed by atoms with Crippen molar-refractivity contribution in [2.75, 3.05) is 0 Å². The minimum Gasteiger partial charge on any atom is -0.460 e. The van der Waals surface area contributed by atoms with E-state index in [0.717, 1.165) is 23.2 Å². The quantitative estimate of drug-likeness (QED) is 0.559. The van der Waals surface area contributed by atoms with Crippen molar-refractivity contribution < 1.29 is 4.42 Å². The van der Waals surface area contributed by atoms with Crippen LogP contribution in [0, 0.1) is 13.8 Å². The molecule has 2 heteroatoms. The number of alkyl halides is 1. The Kier molecular flexibility index (Phi) is 3.66. The molecule has 0 bridgehead atoms. The Morgan fingerprint density at radius 3 is 2.65 bits per heavy atom. The van der Waals surface area contributed by atoms with E-state index in [2.05, 4.69) is 60.1 Å². The Bertz CT molecular complexity index is 709. The summed E-state index contributed by atoms with van der Waals surface area (Å²) in [6, 6.07) is 16.9. The first-order valence-electron chi connectivity index (χ1n) is 6.82. The standard InChI is InChI=1S/C18H17BrO/c1-12-7-8-13(2)15(9-12)10-16(19)18-11-14-5-3-4-6-17(14)20-18/h3-9,11,16H,10H2,1-2H3. The zero-order valence-corrected chi connectivity index (χ0v) is 13.3. The van der Waals surface area contributed by atoms with Crippen LogP contribution in [-0.2, 0) is 6.42 Å². The lowest BCUT2D eigenvalue weighted by Gasteiger charge is -2.10. The number of hydrogen-bond donors (Lipinski definition) is 0. The highest BCUT2D eigenvalue weighted by atomic mass is 79.9. The summed E-state index contributed by atoms with van der Waals surface area (Å²) in [5, 5.41) is 1.16. The van der Waals surface area contributed by atoms with Crippen molar-refractivity contribution in [3.63, 3.8) is 0 Å². The molecule has 0 aliphatic heterocycles. The molecule has 0 amide bonds. The molecule has 1 heterocycles. The third kappa shape index (κ3) is 2.66. The molecular formula is C18H17BrO. The molecule has 1 aromatic heterocycles. The molecule has 2 aromatic carbocycles. The van der Waals surface area contributed by atoms with Gasteiger partial charge in [0, 0.05) is 5.39 Å². The fourth-order valence-corrected chi connectivity index (χ4v) is 3.05. The minimum absolute atomic E-state index is 0.204. The molecule has 102 valence electrons. The molecule has 3 aromatic rings. The molecule has 1 unspecified atom stereocenters. The monoisotopic (exact) mass is 328 g/mol. The predicted octanol–water partition coefficient (Wildman–Crippen LogP) is 5.73. The maximum Gasteiger partial charge on any atom is 0.134 e. The number of halogens is 1. The van der Waals surface area contributed by atoms with E-state index in [9.17, 15) is 0 Å². The van der Waals surface area contributed by atoms with Crippen molar-refractivity contribution in [2.24, 2.45) is 0 Å². The smallest absolute Gasteiger partial charge is 0.134 e. The van der Waals surface area contributed by atoms with Crippen LogP contribution in [0.3, 0.4) is 0 Å². The number of rotatable bonds is 3. The van der Waals surface area contributed by atoms with Gasteiger partial charge in [-0.05, 0) is 43.5 Å². The second kappa shape index (κ2) is 5.45. The zero-order valence-electron chi connectivity index (χ0n) is 11.7. The summed E-state index contributed by atoms with van der Waals surface area (Å²) in [4.78, 5) is 0.204. The summed E-state index contributed by atoms with van der Waals surface area (Å²) in [5.41, 5.74) is 4.95. The van der Waals surface area contributed by atoms with Crippen molar-refractivity contribution in [3.8, 4) is 0 Å². The van der Waals surface area contributed by atoms with E-state index < -0.39 is 0 Å². The van der Waals surface area contributed by atoms with Gasteiger partial charge < -0.3 is 4.42 Å². The third-order valence-electron chi connectivity index (χ3n) is 3.66. The fourth-order valence-electron chi connectivity index (χ4n) is 2.47. The number of furan rings is 1. The van der Waals surface area contributed by atoms with E-state index in [4.69, 9.17) is 4.42 Å². The van der Waals surface area contributed by atoms with Crippen LogP contribution in [0.1, 0.15) is 27.3 Å². The summed E-state index contributed by atoms with van der Waals surface area (Å²) in [7, 11) is 0. The molecule has 0 aliphatic rings. The van der Waals surface area contributed by atoms with E-state index in [1.54, 1.807) is 0 Å². The second-order valence-corrected chi connectivity index (χ2v) is 6.39. The highest BCUT2D eigenvalue weighted by Crippen LogP contribution is 2.32. The first-order valence-corrected chi connectivity index (χ1v) is 7.74. The summed E-state index contributed by atoms with van der Waals surface area (Å²) in [6.45, 7) is 4.29. The SMILES string of the molecule is Cc1ccc(C)c(CC(Br)c2cc3ccccc3o2)c1. The summed E-state index contributed by atoms with van der Waals surface area (Å²) in [5.74, 6) is 0.993. The lowest BCUT2D eigenvalue weighted by molar-refractivity contribution is 0.545. The third-order valence-corrected chi connectivity index (χ3v) is 4.43. The second-order valence-electron chi connectivity index (χ2n) is 5.29. The van der Waals surface area contributed by atoms with Crippen LogP contribution in [-0.4, -0.2) is 0 Å². The average molecular weight is 329 g/mol. The Labute approximate surface area is 127 Å². The molecule has 0 radical (unpaired) electrons. The number of hydrogen-bond acceptors (Lipinski definition) is 1. The van der Waals surface area contributed by atoms with Crippen LogP contribution in [0.5, 0.6) is 0 Å². The average Bonchev–Trinajstić information content (AvgIpc) is 2.87. The summed E-state index contributed by atoms with van der Waals surface area (Å²) < 4.78 is 5.93. The van der Waals surface area contributed by atoms with Gasteiger partial charge in [-0.1, -0.05) is 57.9 Å². The summed E-state index contributed by atoms with van der Waals surface area (Å²) in [6.07, 6.45) is 0.938. The zero-order chi connectivity index (χ0) is 14.1. The van der Waals surface area contributed by atoms with Gasteiger partial charge in [0.1, 0.15) is 11.3 Å². The van der Waals surface area contributed by atoms with E-state index in [1.807, 2.05) is 18.2 Å². The van der Waals surface area contributed by atoms with Crippen LogP contribution >= 0.6 is 15.9 Å². The molecule has 20 heavy (non-hydrogen) atoms. The largest absolute Gasteiger partial charge is 0.460 e. The molecule has 1 atom stereocenters. The number of aryl methyl sites for hydroxylation is 2. The summed E-state index contributed by atoms with van der Waals surface area (Å²) >= 11 is 3.77. The van der Waals surface area contributed by atoms with Gasteiger partial charge in [-0.25, -0.2) is 0 Å². The Morgan fingerprint density at radius 1 is 1.05 bits per heavy atom. The van der Waals surface area contributed by atoms with E-state index in [-0.39, 0.29) is 4.83 Å². The number of para-hydroxylation sites is 1. The predicted molar refractivity (Wildman–Crippen MR) is 87.5 cm³/mol. The molecule has 1 nitrogen and oxygen atoms in total. The first kappa shape index (κ1) is 13.4. The van der Waals surface area contributed by atoms with Crippen molar-refractivity contribution in [1.82, 2.24) is 0 Å². The number of fused-ring (bicyclic) bond motifs is 1. The molecule has 3 rings (SSSR count). The van der Waals surface area contributed by atoms with Crippen molar-refractivity contribution in [2.45, 2.75) is 25.1 Å². The molecule has 0 spiro atoms. The lowest BCUT2D eigenvalue weighted by atomic mass is 10.0. The van der Waals surface area contributed by atoms with Gasteiger partial charge >= 0.3 is 0 Å². The van der Waals surface area contributed by atoms with E-state index in [1.165, 1.54) is 16.7 Å². The number of benzene rings is 2. The topological polar surface area (TPSA) is 13.1 Å². The highest BCUT2D eigenvalue weighted by Gasteiger charge is 2.15. The van der Waals surface area contributed by atoms with Gasteiger partial charge in [-0.2, -0.15) is 0 Å². The molecule has 0 saturated carbocycles. The molecular weight excluding hydrogens is 312 g/mol. The van der Waals surface area contributed by atoms with Crippen LogP contribution in [0.2, 0.25) is 0 Å². The van der Waals surface area contributed by atoms with Gasteiger partial charge in [0.25, 0.3) is 0 Å². The van der Waals surface area contributed by atoms with E-state index in [0.29, 0.717) is 0 Å². The van der Waals surface area contributed by atoms with Crippen LogP contribution in [0.25, 0.3) is 11.0 Å². The Balaban J connectivity index is 1.88. The molecule has 0 N–H and O–H groups in total. The maximum absolute atomic E-state index is 5.93. The van der Waals surface area contributed by atoms with Gasteiger partial charge in [0.05, 0.1) is 4.83 Å². The normalized spacial score (nSPS) is 12.8. The van der Waals surface area contributed by atoms with Gasteiger partial charge in [-0.15, -0.1) is 0 Å². The van der Waals surface area contributed by atoms with Gasteiger partial charge in [0.15, 0.2) is 0 Å². The fraction of sp³-hybridized carbons (Fsp3) is 0.222. The highest BCUT2D eigenvalue weighted by molar-refractivity contribution is 9.09. The van der Waals surface area contributed by atoms with Crippen molar-refractivity contribution in [3.05, 3.63) is 71.0 Å². The minimum atomic E-state index is 0.204. The van der Waals surface area contributed by atoms with Gasteiger partial charge in [0.2, 0.25) is 0 Å². The van der Waals surface area contributed by atoms with Crippen LogP contribution < -0.4 is 0 Å². The van der Waals surface area contributed by atoms with Gasteiger partial charge in [-0.3, -0.25) is 0 Å². The van der Waals surface area contributed by atoms with E-state index >= 15 is 0 Å². The molecule has 0 aliphatic carbocycles. The van der Waals surface area contributed by atoms with Crippen LogP contribution in [0.15, 0.2) is 52.9 Å². The first-order chi connectivity index (χ1) is 9.63. The Hall–Kier alpha value is -1.54. The lowest BCUT2D eigenvalue weighted by Crippen LogP contribution is -1.97. The molecule has 0 saturated heterocycles. The molecule has 0 fully saturated rings. The maximum atomic E-state index is 5.93. The van der Waals surface area contributed by atoms with Crippen molar-refractivity contribution in [1.29, 1.82) is 0 Å². The van der Waals surface area contributed by atoms with Crippen molar-refractivity contribution >= 4 is 26.9 Å². The Morgan fingerprint density at radius 2 is 1.85 bits per heavy atom. The van der Waals surface area contributed by atoms with Crippen LogP contribution in [0.4, 0.5) is 0 Å².